The van der Waals surface area contributed by atoms with Gasteiger partial charge in [0, 0.05) is 24.4 Å². The largest absolute Gasteiger partial charge is 0.386 e. The molecule has 0 spiro atoms. The number of rotatable bonds is 8. The van der Waals surface area contributed by atoms with E-state index < -0.39 is 0 Å². The molecule has 0 radical (unpaired) electrons. The van der Waals surface area contributed by atoms with Gasteiger partial charge in [-0.3, -0.25) is 9.69 Å². The summed E-state index contributed by atoms with van der Waals surface area (Å²) in [5, 5.41) is 3.01. The number of hydrogen-bond donors (Lipinski definition) is 2. The maximum Gasteiger partial charge on any atom is 0.136 e. The smallest absolute Gasteiger partial charge is 0.136 e. The van der Waals surface area contributed by atoms with E-state index in [0.29, 0.717) is 17.5 Å². The Morgan fingerprint density at radius 3 is 2.38 bits per heavy atom. The zero-order chi connectivity index (χ0) is 15.9. The normalized spacial score (nSPS) is 17.7. The van der Waals surface area contributed by atoms with Crippen molar-refractivity contribution in [3.8, 4) is 0 Å². The molecule has 0 atom stereocenters. The summed E-state index contributed by atoms with van der Waals surface area (Å²) in [6.45, 7) is 13.3. The lowest BCUT2D eigenvalue weighted by Crippen LogP contribution is -2.47. The Morgan fingerprint density at radius 1 is 1.24 bits per heavy atom. The lowest BCUT2D eigenvalue weighted by atomic mass is 9.88. The molecule has 0 aromatic heterocycles. The van der Waals surface area contributed by atoms with Crippen LogP contribution < -0.4 is 11.1 Å². The number of Topliss-reactive ketones (excluding diaryl/α,β-unsaturated/α-hetero) is 1. The number of nitrogens with zero attached hydrogens (tertiary/aromatic N) is 1. The second-order valence-electron chi connectivity index (χ2n) is 7.16. The second kappa shape index (κ2) is 8.42. The van der Waals surface area contributed by atoms with Crippen molar-refractivity contribution in [2.75, 3.05) is 19.6 Å². The average molecular weight is 295 g/mol. The fourth-order valence-electron chi connectivity index (χ4n) is 2.93. The molecule has 0 aromatic carbocycles. The molecular formula is C17H33N3O. The van der Waals surface area contributed by atoms with Crippen LogP contribution in [0.2, 0.25) is 0 Å². The number of likely N-dealkylation sites (tertiary alicyclic amines) is 1. The van der Waals surface area contributed by atoms with Crippen LogP contribution in [0.15, 0.2) is 12.4 Å². The molecule has 0 bridgehead atoms. The molecule has 21 heavy (non-hydrogen) atoms. The van der Waals surface area contributed by atoms with Crippen LogP contribution in [-0.4, -0.2) is 35.9 Å². The summed E-state index contributed by atoms with van der Waals surface area (Å²) in [6, 6.07) is 0. The van der Waals surface area contributed by atoms with Crippen LogP contribution in [0.3, 0.4) is 0 Å². The molecule has 0 saturated carbocycles. The second-order valence-corrected chi connectivity index (χ2v) is 7.16. The van der Waals surface area contributed by atoms with Crippen molar-refractivity contribution < 1.29 is 4.79 Å². The van der Waals surface area contributed by atoms with Gasteiger partial charge in [0.25, 0.3) is 0 Å². The highest BCUT2D eigenvalue weighted by atomic mass is 16.1. The van der Waals surface area contributed by atoms with E-state index in [4.69, 9.17) is 5.73 Å². The van der Waals surface area contributed by atoms with E-state index in [0.717, 1.165) is 58.2 Å². The first-order valence-corrected chi connectivity index (χ1v) is 8.26. The first kappa shape index (κ1) is 18.0. The van der Waals surface area contributed by atoms with E-state index in [1.54, 1.807) is 0 Å². The minimum atomic E-state index is 0.230. The summed E-state index contributed by atoms with van der Waals surface area (Å²) < 4.78 is 0. The summed E-state index contributed by atoms with van der Waals surface area (Å²) in [7, 11) is 0. The van der Waals surface area contributed by atoms with Crippen LogP contribution >= 0.6 is 0 Å². The van der Waals surface area contributed by atoms with E-state index in [-0.39, 0.29) is 5.54 Å². The summed E-state index contributed by atoms with van der Waals surface area (Å²) >= 11 is 0. The molecule has 1 fully saturated rings. The summed E-state index contributed by atoms with van der Waals surface area (Å²) in [5.74, 6) is 1.29. The molecule has 4 heteroatoms. The van der Waals surface area contributed by atoms with Crippen molar-refractivity contribution in [2.45, 2.75) is 64.8 Å². The number of carbonyl (C=O) groups excluding carboxylic acids is 1. The lowest BCUT2D eigenvalue weighted by Gasteiger charge is -2.40. The molecule has 122 valence electrons. The Labute approximate surface area is 130 Å². The number of ketones is 1. The topological polar surface area (TPSA) is 58.4 Å². The minimum Gasteiger partial charge on any atom is -0.386 e. The van der Waals surface area contributed by atoms with E-state index in [9.17, 15) is 4.79 Å². The summed E-state index contributed by atoms with van der Waals surface area (Å²) in [5.41, 5.74) is 5.66. The standard InChI is InChI=1S/C17H33N3O/c1-14(18)19-11-7-5-6-8-16(21)15-9-12-20(13-10-15)17(2,3)4/h15,19H,1,5-13,18H2,2-4H3. The molecule has 4 nitrogen and oxygen atoms in total. The molecule has 0 unspecified atom stereocenters. The Hall–Kier alpha value is -1.03. The highest BCUT2D eigenvalue weighted by molar-refractivity contribution is 5.81. The highest BCUT2D eigenvalue weighted by Gasteiger charge is 2.29. The lowest BCUT2D eigenvalue weighted by molar-refractivity contribution is -0.124. The monoisotopic (exact) mass is 295 g/mol. The molecule has 1 aliphatic rings. The minimum absolute atomic E-state index is 0.230. The Bertz CT molecular complexity index is 338. The van der Waals surface area contributed by atoms with Gasteiger partial charge in [0.1, 0.15) is 5.78 Å². The molecule has 1 saturated heterocycles. The molecule has 0 amide bonds. The van der Waals surface area contributed by atoms with Gasteiger partial charge < -0.3 is 11.1 Å². The predicted octanol–water partition coefficient (Wildman–Crippen LogP) is 2.65. The summed E-state index contributed by atoms with van der Waals surface area (Å²) in [4.78, 5) is 14.7. The Balaban J connectivity index is 2.13. The highest BCUT2D eigenvalue weighted by Crippen LogP contribution is 2.25. The number of nitrogens with one attached hydrogen (secondary N) is 1. The van der Waals surface area contributed by atoms with Crippen LogP contribution in [0.25, 0.3) is 0 Å². The molecular weight excluding hydrogens is 262 g/mol. The summed E-state index contributed by atoms with van der Waals surface area (Å²) in [6.07, 6.45) is 5.93. The maximum absolute atomic E-state index is 12.2. The van der Waals surface area contributed by atoms with Crippen molar-refractivity contribution in [3.05, 3.63) is 12.4 Å². The molecule has 0 aliphatic carbocycles. The van der Waals surface area contributed by atoms with Crippen molar-refractivity contribution in [1.82, 2.24) is 10.2 Å². The zero-order valence-electron chi connectivity index (χ0n) is 14.1. The zero-order valence-corrected chi connectivity index (χ0v) is 14.1. The quantitative estimate of drug-likeness (QED) is 0.676. The van der Waals surface area contributed by atoms with Crippen LogP contribution in [0, 0.1) is 5.92 Å². The predicted molar refractivity (Wildman–Crippen MR) is 88.9 cm³/mol. The molecule has 1 aliphatic heterocycles. The van der Waals surface area contributed by atoms with E-state index >= 15 is 0 Å². The number of hydrogen-bond acceptors (Lipinski definition) is 4. The molecule has 1 rings (SSSR count). The van der Waals surface area contributed by atoms with Gasteiger partial charge in [0.15, 0.2) is 0 Å². The molecule has 1 heterocycles. The van der Waals surface area contributed by atoms with Crippen LogP contribution in [0.5, 0.6) is 0 Å². The van der Waals surface area contributed by atoms with Gasteiger partial charge in [0.2, 0.25) is 0 Å². The van der Waals surface area contributed by atoms with E-state index in [1.807, 2.05) is 0 Å². The van der Waals surface area contributed by atoms with Gasteiger partial charge in [0.05, 0.1) is 5.82 Å². The van der Waals surface area contributed by atoms with Crippen LogP contribution in [0.1, 0.15) is 59.3 Å². The average Bonchev–Trinajstić information content (AvgIpc) is 2.41. The van der Waals surface area contributed by atoms with Gasteiger partial charge in [-0.2, -0.15) is 0 Å². The first-order valence-electron chi connectivity index (χ1n) is 8.26. The SMILES string of the molecule is C=C(N)NCCCCCC(=O)C1CCN(C(C)(C)C)CC1. The van der Waals surface area contributed by atoms with E-state index in [2.05, 4.69) is 37.6 Å². The van der Waals surface area contributed by atoms with Gasteiger partial charge in [-0.1, -0.05) is 13.0 Å². The number of nitrogens with two attached hydrogens (primary N) is 1. The third-order valence-corrected chi connectivity index (χ3v) is 4.35. The number of carbonyl (C=O) groups is 1. The van der Waals surface area contributed by atoms with Crippen molar-refractivity contribution in [1.29, 1.82) is 0 Å². The third kappa shape index (κ3) is 6.98. The Morgan fingerprint density at radius 2 is 1.86 bits per heavy atom. The van der Waals surface area contributed by atoms with Crippen LogP contribution in [-0.2, 0) is 4.79 Å². The van der Waals surface area contributed by atoms with Gasteiger partial charge >= 0.3 is 0 Å². The fourth-order valence-corrected chi connectivity index (χ4v) is 2.93. The van der Waals surface area contributed by atoms with Gasteiger partial charge in [-0.05, 0) is 59.5 Å². The van der Waals surface area contributed by atoms with Crippen molar-refractivity contribution >= 4 is 5.78 Å². The molecule has 0 aromatic rings. The first-order chi connectivity index (χ1) is 9.80. The number of piperidine rings is 1. The third-order valence-electron chi connectivity index (χ3n) is 4.35. The maximum atomic E-state index is 12.2. The van der Waals surface area contributed by atoms with Crippen LogP contribution in [0.4, 0.5) is 0 Å². The molecule has 3 N–H and O–H groups in total. The van der Waals surface area contributed by atoms with Gasteiger partial charge in [-0.25, -0.2) is 0 Å². The van der Waals surface area contributed by atoms with Gasteiger partial charge in [-0.15, -0.1) is 0 Å². The van der Waals surface area contributed by atoms with Crippen molar-refractivity contribution in [3.63, 3.8) is 0 Å². The fraction of sp³-hybridized carbons (Fsp3) is 0.824. The Kier molecular flexibility index (Phi) is 7.23. The van der Waals surface area contributed by atoms with E-state index in [1.165, 1.54) is 0 Å². The van der Waals surface area contributed by atoms with Crippen molar-refractivity contribution in [2.24, 2.45) is 11.7 Å². The number of unbranched alkanes of at least 4 members (excludes halogenated alkanes) is 2.